The Morgan fingerprint density at radius 3 is 2.21 bits per heavy atom. The van der Waals surface area contributed by atoms with Gasteiger partial charge < -0.3 is 9.84 Å². The van der Waals surface area contributed by atoms with Crippen molar-refractivity contribution in [3.8, 4) is 5.75 Å². The summed E-state index contributed by atoms with van der Waals surface area (Å²) in [5, 5.41) is 10.6. The minimum absolute atomic E-state index is 0.0621. The summed E-state index contributed by atoms with van der Waals surface area (Å²) in [5.41, 5.74) is 3.40. The second-order valence-electron chi connectivity index (χ2n) is 6.57. The number of carboxylic acids is 1. The van der Waals surface area contributed by atoms with E-state index in [1.54, 1.807) is 0 Å². The van der Waals surface area contributed by atoms with E-state index in [1.807, 2.05) is 84.9 Å². The molecule has 0 saturated carbocycles. The third-order valence-corrected chi connectivity index (χ3v) is 4.56. The number of benzene rings is 3. The standard InChI is InChI=1S/C24H19NO3/c26-24(27)23-20(14-17-8-3-1-4-9-17)15-19-12-7-13-21(22(19)25-23)28-16-18-10-5-2-6-11-18/h1-13,15H,14,16H2,(H,26,27). The van der Waals surface area contributed by atoms with Crippen molar-refractivity contribution in [3.63, 3.8) is 0 Å². The molecule has 4 heteroatoms. The first kappa shape index (κ1) is 17.7. The largest absolute Gasteiger partial charge is 0.487 e. The third kappa shape index (κ3) is 3.86. The second-order valence-corrected chi connectivity index (χ2v) is 6.57. The number of hydrogen-bond acceptors (Lipinski definition) is 3. The molecule has 1 N–H and O–H groups in total. The molecule has 1 heterocycles. The molecule has 0 bridgehead atoms. The number of carbonyl (C=O) groups is 1. The smallest absolute Gasteiger partial charge is 0.354 e. The quantitative estimate of drug-likeness (QED) is 0.513. The predicted octanol–water partition coefficient (Wildman–Crippen LogP) is 5.10. The fourth-order valence-corrected chi connectivity index (χ4v) is 3.20. The van der Waals surface area contributed by atoms with Crippen LogP contribution in [0.1, 0.15) is 27.2 Å². The van der Waals surface area contributed by atoms with E-state index in [0.29, 0.717) is 29.9 Å². The van der Waals surface area contributed by atoms with E-state index in [-0.39, 0.29) is 5.69 Å². The molecule has 4 aromatic rings. The van der Waals surface area contributed by atoms with Crippen LogP contribution in [0.15, 0.2) is 84.9 Å². The number of aromatic nitrogens is 1. The number of rotatable bonds is 6. The minimum atomic E-state index is -1.04. The number of aromatic carboxylic acids is 1. The van der Waals surface area contributed by atoms with Crippen molar-refractivity contribution >= 4 is 16.9 Å². The molecule has 4 nitrogen and oxygen atoms in total. The number of ether oxygens (including phenoxy) is 1. The van der Waals surface area contributed by atoms with Crippen LogP contribution in [0.2, 0.25) is 0 Å². The summed E-state index contributed by atoms with van der Waals surface area (Å²) in [6, 6.07) is 27.2. The molecule has 0 unspecified atom stereocenters. The average Bonchev–Trinajstić information content (AvgIpc) is 2.73. The van der Waals surface area contributed by atoms with Gasteiger partial charge in [0.25, 0.3) is 0 Å². The normalized spacial score (nSPS) is 10.7. The highest BCUT2D eigenvalue weighted by atomic mass is 16.5. The molecule has 0 atom stereocenters. The highest BCUT2D eigenvalue weighted by molar-refractivity contribution is 5.93. The van der Waals surface area contributed by atoms with Gasteiger partial charge in [0.2, 0.25) is 0 Å². The van der Waals surface area contributed by atoms with Crippen LogP contribution in [0.5, 0.6) is 5.75 Å². The molecule has 4 rings (SSSR count). The molecule has 0 amide bonds. The van der Waals surface area contributed by atoms with Crippen molar-refractivity contribution < 1.29 is 14.6 Å². The first-order valence-corrected chi connectivity index (χ1v) is 9.07. The van der Waals surface area contributed by atoms with Gasteiger partial charge in [-0.2, -0.15) is 0 Å². The number of fused-ring (bicyclic) bond motifs is 1. The van der Waals surface area contributed by atoms with E-state index < -0.39 is 5.97 Å². The Morgan fingerprint density at radius 1 is 0.857 bits per heavy atom. The summed E-state index contributed by atoms with van der Waals surface area (Å²) in [6.45, 7) is 0.399. The Kier molecular flexibility index (Phi) is 5.02. The zero-order valence-electron chi connectivity index (χ0n) is 15.2. The van der Waals surface area contributed by atoms with Crippen molar-refractivity contribution in [1.29, 1.82) is 0 Å². The van der Waals surface area contributed by atoms with Crippen LogP contribution in [0.4, 0.5) is 0 Å². The van der Waals surface area contributed by atoms with Crippen molar-refractivity contribution in [2.75, 3.05) is 0 Å². The van der Waals surface area contributed by atoms with E-state index in [0.717, 1.165) is 16.5 Å². The molecule has 0 saturated heterocycles. The Balaban J connectivity index is 1.71. The van der Waals surface area contributed by atoms with E-state index in [9.17, 15) is 9.90 Å². The molecule has 0 aliphatic carbocycles. The topological polar surface area (TPSA) is 59.4 Å². The molecule has 0 fully saturated rings. The zero-order valence-corrected chi connectivity index (χ0v) is 15.2. The minimum Gasteiger partial charge on any atom is -0.487 e. The molecule has 3 aromatic carbocycles. The Hall–Kier alpha value is -3.66. The van der Waals surface area contributed by atoms with Crippen LogP contribution >= 0.6 is 0 Å². The summed E-state index contributed by atoms with van der Waals surface area (Å²) in [7, 11) is 0. The molecular weight excluding hydrogens is 350 g/mol. The number of nitrogens with zero attached hydrogens (tertiary/aromatic N) is 1. The molecule has 28 heavy (non-hydrogen) atoms. The lowest BCUT2D eigenvalue weighted by Crippen LogP contribution is -2.07. The molecular formula is C24H19NO3. The van der Waals surface area contributed by atoms with Crippen LogP contribution in [0, 0.1) is 0 Å². The molecule has 1 aromatic heterocycles. The third-order valence-electron chi connectivity index (χ3n) is 4.56. The molecule has 0 radical (unpaired) electrons. The van der Waals surface area contributed by atoms with Gasteiger partial charge in [-0.3, -0.25) is 0 Å². The van der Waals surface area contributed by atoms with E-state index in [4.69, 9.17) is 4.74 Å². The van der Waals surface area contributed by atoms with Crippen molar-refractivity contribution in [1.82, 2.24) is 4.98 Å². The van der Waals surface area contributed by atoms with E-state index in [1.165, 1.54) is 0 Å². The highest BCUT2D eigenvalue weighted by Crippen LogP contribution is 2.28. The lowest BCUT2D eigenvalue weighted by molar-refractivity contribution is 0.0690. The Bertz CT molecular complexity index is 1110. The maximum Gasteiger partial charge on any atom is 0.354 e. The monoisotopic (exact) mass is 369 g/mol. The predicted molar refractivity (Wildman–Crippen MR) is 109 cm³/mol. The van der Waals surface area contributed by atoms with Crippen LogP contribution in [-0.4, -0.2) is 16.1 Å². The van der Waals surface area contributed by atoms with Crippen LogP contribution in [-0.2, 0) is 13.0 Å². The summed E-state index contributed by atoms with van der Waals surface area (Å²) >= 11 is 0. The maximum absolute atomic E-state index is 11.8. The molecule has 138 valence electrons. The average molecular weight is 369 g/mol. The van der Waals surface area contributed by atoms with Gasteiger partial charge in [-0.1, -0.05) is 72.8 Å². The van der Waals surface area contributed by atoms with E-state index >= 15 is 0 Å². The van der Waals surface area contributed by atoms with Gasteiger partial charge >= 0.3 is 5.97 Å². The molecule has 0 aliphatic heterocycles. The summed E-state index contributed by atoms with van der Waals surface area (Å²) in [4.78, 5) is 16.3. The summed E-state index contributed by atoms with van der Waals surface area (Å²) < 4.78 is 5.94. The van der Waals surface area contributed by atoms with Crippen LogP contribution in [0.3, 0.4) is 0 Å². The Morgan fingerprint density at radius 2 is 1.54 bits per heavy atom. The molecule has 0 aliphatic rings. The lowest BCUT2D eigenvalue weighted by Gasteiger charge is -2.12. The fourth-order valence-electron chi connectivity index (χ4n) is 3.20. The lowest BCUT2D eigenvalue weighted by atomic mass is 10.0. The summed E-state index contributed by atoms with van der Waals surface area (Å²) in [6.07, 6.45) is 0.514. The molecule has 0 spiro atoms. The van der Waals surface area contributed by atoms with Gasteiger partial charge in [-0.15, -0.1) is 0 Å². The summed E-state index contributed by atoms with van der Waals surface area (Å²) in [5.74, 6) is -0.458. The first-order chi connectivity index (χ1) is 13.7. The number of carboxylic acid groups (broad SMARTS) is 1. The van der Waals surface area contributed by atoms with Gasteiger partial charge in [0.1, 0.15) is 17.9 Å². The number of para-hydroxylation sites is 1. The Labute approximate surface area is 163 Å². The van der Waals surface area contributed by atoms with Gasteiger partial charge in [-0.25, -0.2) is 9.78 Å². The number of pyridine rings is 1. The van der Waals surface area contributed by atoms with Gasteiger partial charge in [0, 0.05) is 5.39 Å². The SMILES string of the molecule is O=C(O)c1nc2c(OCc3ccccc3)cccc2cc1Cc1ccccc1. The van der Waals surface area contributed by atoms with Gasteiger partial charge in [-0.05, 0) is 35.2 Å². The van der Waals surface area contributed by atoms with Crippen molar-refractivity contribution in [2.24, 2.45) is 0 Å². The van der Waals surface area contributed by atoms with Crippen molar-refractivity contribution in [2.45, 2.75) is 13.0 Å². The van der Waals surface area contributed by atoms with Gasteiger partial charge in [0.15, 0.2) is 5.69 Å². The fraction of sp³-hybridized carbons (Fsp3) is 0.0833. The first-order valence-electron chi connectivity index (χ1n) is 9.07. The van der Waals surface area contributed by atoms with Crippen LogP contribution < -0.4 is 4.74 Å². The van der Waals surface area contributed by atoms with Crippen LogP contribution in [0.25, 0.3) is 10.9 Å². The zero-order chi connectivity index (χ0) is 19.3. The van der Waals surface area contributed by atoms with Gasteiger partial charge in [0.05, 0.1) is 0 Å². The second kappa shape index (κ2) is 7.92. The van der Waals surface area contributed by atoms with E-state index in [2.05, 4.69) is 4.98 Å². The maximum atomic E-state index is 11.8. The highest BCUT2D eigenvalue weighted by Gasteiger charge is 2.16. The van der Waals surface area contributed by atoms with Crippen molar-refractivity contribution in [3.05, 3.63) is 107 Å². The number of hydrogen-bond donors (Lipinski definition) is 1.